The molecule has 0 unspecified atom stereocenters. The van der Waals surface area contributed by atoms with E-state index in [0.29, 0.717) is 43.3 Å². The van der Waals surface area contributed by atoms with E-state index < -0.39 is 5.97 Å². The smallest absolute Gasteiger partial charge is 0.329 e. The molecule has 0 atom stereocenters. The Bertz CT molecular complexity index is 801. The number of nitrogen functional groups attached to an aromatic ring is 1. The number of phenols is 1. The molecule has 2 heterocycles. The number of rotatable bonds is 4. The minimum Gasteiger partial charge on any atom is -0.507 e. The monoisotopic (exact) mass is 341 g/mol. The van der Waals surface area contributed by atoms with Crippen molar-refractivity contribution in [3.63, 3.8) is 0 Å². The molecule has 0 spiro atoms. The molecule has 8 heteroatoms. The molecule has 1 aromatic heterocycles. The average Bonchev–Trinajstić information content (AvgIpc) is 2.61. The fourth-order valence-corrected chi connectivity index (χ4v) is 2.75. The number of aromatic hydroxyl groups is 1. The molecule has 4 N–H and O–H groups in total. The van der Waals surface area contributed by atoms with Gasteiger partial charge in [-0.3, -0.25) is 0 Å². The molecule has 0 amide bonds. The van der Waals surface area contributed by atoms with Gasteiger partial charge in [0, 0.05) is 44.0 Å². The van der Waals surface area contributed by atoms with Gasteiger partial charge in [0.05, 0.1) is 11.4 Å². The molecule has 1 fully saturated rings. The van der Waals surface area contributed by atoms with E-state index in [2.05, 4.69) is 15.1 Å². The summed E-state index contributed by atoms with van der Waals surface area (Å²) in [6.45, 7) is 2.72. The molecule has 1 saturated heterocycles. The van der Waals surface area contributed by atoms with Crippen LogP contribution in [0.2, 0.25) is 0 Å². The number of nitrogens with zero attached hydrogens (tertiary/aromatic N) is 4. The number of para-hydroxylation sites is 1. The van der Waals surface area contributed by atoms with Crippen LogP contribution in [0.15, 0.2) is 42.6 Å². The third-order valence-electron chi connectivity index (χ3n) is 4.06. The second-order valence-electron chi connectivity index (χ2n) is 5.69. The summed E-state index contributed by atoms with van der Waals surface area (Å²) >= 11 is 0. The number of anilines is 2. The number of benzene rings is 1. The van der Waals surface area contributed by atoms with E-state index in [4.69, 9.17) is 10.8 Å². The lowest BCUT2D eigenvalue weighted by Gasteiger charge is -2.35. The van der Waals surface area contributed by atoms with Gasteiger partial charge in [-0.25, -0.2) is 4.79 Å². The van der Waals surface area contributed by atoms with Gasteiger partial charge in [0.1, 0.15) is 5.75 Å². The normalized spacial score (nSPS) is 14.9. The molecule has 1 aliphatic rings. The fraction of sp³-hybridized carbons (Fsp3) is 0.235. The standard InChI is InChI=1S/C17H19N5O3/c18-17-14(22-9-7-21(8-10-22)6-5-16(24)25)11-13(19-20-17)12-3-1-2-4-15(12)23/h1-6,11,23H,7-10H2,(H2,18,20)(H,24,25)/b6-5+. The summed E-state index contributed by atoms with van der Waals surface area (Å²) in [7, 11) is 0. The Morgan fingerprint density at radius 1 is 1.16 bits per heavy atom. The number of hydrogen-bond acceptors (Lipinski definition) is 7. The predicted molar refractivity (Wildman–Crippen MR) is 94.1 cm³/mol. The summed E-state index contributed by atoms with van der Waals surface area (Å²) in [6.07, 6.45) is 2.72. The zero-order valence-electron chi connectivity index (χ0n) is 13.5. The van der Waals surface area contributed by atoms with Gasteiger partial charge in [0.15, 0.2) is 5.82 Å². The Kier molecular flexibility index (Phi) is 4.69. The van der Waals surface area contributed by atoms with E-state index in [1.54, 1.807) is 24.4 Å². The zero-order chi connectivity index (χ0) is 17.8. The van der Waals surface area contributed by atoms with Gasteiger partial charge in [0.2, 0.25) is 0 Å². The minimum absolute atomic E-state index is 0.135. The van der Waals surface area contributed by atoms with Crippen LogP contribution in [0.25, 0.3) is 11.3 Å². The van der Waals surface area contributed by atoms with Crippen molar-refractivity contribution in [1.29, 1.82) is 0 Å². The van der Waals surface area contributed by atoms with E-state index in [-0.39, 0.29) is 5.75 Å². The van der Waals surface area contributed by atoms with Crippen LogP contribution in [0.1, 0.15) is 0 Å². The predicted octanol–water partition coefficient (Wildman–Crippen LogP) is 1.15. The summed E-state index contributed by atoms with van der Waals surface area (Å²) in [5, 5.41) is 26.8. The van der Waals surface area contributed by atoms with Gasteiger partial charge in [-0.15, -0.1) is 10.2 Å². The number of hydrogen-bond donors (Lipinski definition) is 3. The molecule has 3 rings (SSSR count). The molecule has 1 aromatic carbocycles. The van der Waals surface area contributed by atoms with Gasteiger partial charge < -0.3 is 25.7 Å². The van der Waals surface area contributed by atoms with Crippen molar-refractivity contribution in [2.24, 2.45) is 0 Å². The second kappa shape index (κ2) is 7.08. The Morgan fingerprint density at radius 3 is 2.56 bits per heavy atom. The molecule has 0 radical (unpaired) electrons. The third-order valence-corrected chi connectivity index (χ3v) is 4.06. The Morgan fingerprint density at radius 2 is 1.88 bits per heavy atom. The summed E-state index contributed by atoms with van der Waals surface area (Å²) in [5.41, 5.74) is 7.89. The summed E-state index contributed by atoms with van der Waals surface area (Å²) in [5.74, 6) is -0.498. The van der Waals surface area contributed by atoms with Gasteiger partial charge in [-0.2, -0.15) is 0 Å². The number of aliphatic carboxylic acids is 1. The molecular weight excluding hydrogens is 322 g/mol. The number of phenolic OH excluding ortho intramolecular Hbond substituents is 1. The summed E-state index contributed by atoms with van der Waals surface area (Å²) in [6, 6.07) is 8.75. The van der Waals surface area contributed by atoms with Crippen molar-refractivity contribution in [1.82, 2.24) is 15.1 Å². The quantitative estimate of drug-likeness (QED) is 0.709. The molecular formula is C17H19N5O3. The first-order valence-electron chi connectivity index (χ1n) is 7.86. The van der Waals surface area contributed by atoms with Crippen LogP contribution in [0.5, 0.6) is 5.75 Å². The average molecular weight is 341 g/mol. The van der Waals surface area contributed by atoms with Crippen LogP contribution in [0.4, 0.5) is 11.5 Å². The molecule has 0 aliphatic carbocycles. The topological polar surface area (TPSA) is 116 Å². The lowest BCUT2D eigenvalue weighted by Crippen LogP contribution is -2.44. The Hall–Kier alpha value is -3.29. The molecule has 130 valence electrons. The number of aromatic nitrogens is 2. The number of carbonyl (C=O) groups is 1. The maximum Gasteiger partial charge on any atom is 0.329 e. The van der Waals surface area contributed by atoms with Crippen LogP contribution in [0, 0.1) is 0 Å². The van der Waals surface area contributed by atoms with Crippen LogP contribution < -0.4 is 10.6 Å². The number of nitrogens with two attached hydrogens (primary N) is 1. The van der Waals surface area contributed by atoms with Gasteiger partial charge in [0.25, 0.3) is 0 Å². The van der Waals surface area contributed by atoms with Crippen molar-refractivity contribution in [3.8, 4) is 17.0 Å². The first-order valence-corrected chi connectivity index (χ1v) is 7.86. The lowest BCUT2D eigenvalue weighted by molar-refractivity contribution is -0.131. The summed E-state index contributed by atoms with van der Waals surface area (Å²) < 4.78 is 0. The maximum atomic E-state index is 10.6. The first-order chi connectivity index (χ1) is 12.0. The van der Waals surface area contributed by atoms with Crippen molar-refractivity contribution < 1.29 is 15.0 Å². The van der Waals surface area contributed by atoms with E-state index in [0.717, 1.165) is 11.8 Å². The Balaban J connectivity index is 1.78. The second-order valence-corrected chi connectivity index (χ2v) is 5.69. The molecule has 8 nitrogen and oxygen atoms in total. The third kappa shape index (κ3) is 3.79. The van der Waals surface area contributed by atoms with Crippen LogP contribution in [-0.2, 0) is 4.79 Å². The van der Waals surface area contributed by atoms with Gasteiger partial charge >= 0.3 is 5.97 Å². The highest BCUT2D eigenvalue weighted by molar-refractivity contribution is 5.79. The Labute approximate surface area is 144 Å². The molecule has 0 bridgehead atoms. The highest BCUT2D eigenvalue weighted by atomic mass is 16.4. The van der Waals surface area contributed by atoms with E-state index in [9.17, 15) is 9.90 Å². The molecule has 1 aliphatic heterocycles. The number of carboxylic acid groups (broad SMARTS) is 1. The van der Waals surface area contributed by atoms with E-state index in [1.807, 2.05) is 17.0 Å². The highest BCUT2D eigenvalue weighted by Crippen LogP contribution is 2.31. The largest absolute Gasteiger partial charge is 0.507 e. The minimum atomic E-state index is -0.961. The van der Waals surface area contributed by atoms with Crippen molar-refractivity contribution in [3.05, 3.63) is 42.6 Å². The molecule has 0 saturated carbocycles. The molecule has 2 aromatic rings. The van der Waals surface area contributed by atoms with Gasteiger partial charge in [-0.1, -0.05) is 12.1 Å². The van der Waals surface area contributed by atoms with E-state index >= 15 is 0 Å². The van der Waals surface area contributed by atoms with Crippen LogP contribution in [-0.4, -0.2) is 57.5 Å². The number of carboxylic acids is 1. The van der Waals surface area contributed by atoms with Crippen molar-refractivity contribution >= 4 is 17.5 Å². The van der Waals surface area contributed by atoms with Crippen LogP contribution in [0.3, 0.4) is 0 Å². The number of piperazine rings is 1. The highest BCUT2D eigenvalue weighted by Gasteiger charge is 2.19. The SMILES string of the molecule is Nc1nnc(-c2ccccc2O)cc1N1CCN(/C=C/C(=O)O)CC1. The zero-order valence-corrected chi connectivity index (χ0v) is 13.5. The first kappa shape index (κ1) is 16.6. The van der Waals surface area contributed by atoms with E-state index in [1.165, 1.54) is 0 Å². The lowest BCUT2D eigenvalue weighted by atomic mass is 10.1. The summed E-state index contributed by atoms with van der Waals surface area (Å²) in [4.78, 5) is 14.6. The van der Waals surface area contributed by atoms with Crippen molar-refractivity contribution in [2.45, 2.75) is 0 Å². The molecule has 25 heavy (non-hydrogen) atoms. The maximum absolute atomic E-state index is 10.6. The van der Waals surface area contributed by atoms with Crippen molar-refractivity contribution in [2.75, 3.05) is 36.8 Å². The fourth-order valence-electron chi connectivity index (χ4n) is 2.75. The van der Waals surface area contributed by atoms with Crippen LogP contribution >= 0.6 is 0 Å². The van der Waals surface area contributed by atoms with Gasteiger partial charge in [-0.05, 0) is 18.2 Å².